The summed E-state index contributed by atoms with van der Waals surface area (Å²) in [5.74, 6) is 0.374. The summed E-state index contributed by atoms with van der Waals surface area (Å²) >= 11 is 11.7. The molecule has 1 aromatic carbocycles. The summed E-state index contributed by atoms with van der Waals surface area (Å²) in [7, 11) is -2.55. The Kier molecular flexibility index (Phi) is 7.62. The Morgan fingerprint density at radius 1 is 1.32 bits per heavy atom. The Balaban J connectivity index is 2.08. The lowest BCUT2D eigenvalue weighted by atomic mass is 10.1. The van der Waals surface area contributed by atoms with Crippen LogP contribution in [0.15, 0.2) is 30.2 Å². The molecule has 0 spiro atoms. The highest BCUT2D eigenvalue weighted by Crippen LogP contribution is 2.26. The van der Waals surface area contributed by atoms with Crippen LogP contribution in [0.4, 0.5) is 5.69 Å². The highest BCUT2D eigenvalue weighted by molar-refractivity contribution is 7.87. The van der Waals surface area contributed by atoms with Crippen molar-refractivity contribution < 1.29 is 17.5 Å². The zero-order valence-electron chi connectivity index (χ0n) is 15.5. The SMILES string of the molecule is Cc1cc(OS(=O)(=O)CC2NC=C([N+](=O)[O-])N2C)ccc1N(CCCl)CCCl. The van der Waals surface area contributed by atoms with Gasteiger partial charge in [0.25, 0.3) is 0 Å². The summed E-state index contributed by atoms with van der Waals surface area (Å²) in [6.07, 6.45) is 0.385. The van der Waals surface area contributed by atoms with Gasteiger partial charge in [-0.15, -0.1) is 23.2 Å². The first-order chi connectivity index (χ1) is 13.2. The fourth-order valence-corrected chi connectivity index (χ4v) is 4.43. The molecule has 156 valence electrons. The number of rotatable bonds is 10. The molecule has 0 bridgehead atoms. The van der Waals surface area contributed by atoms with Crippen LogP contribution in [0, 0.1) is 17.0 Å². The molecule has 0 fully saturated rings. The zero-order chi connectivity index (χ0) is 20.9. The normalized spacial score (nSPS) is 16.5. The Bertz CT molecular complexity index is 843. The standard InChI is InChI=1S/C16H22Cl2N4O5S/c1-12-9-13(3-4-14(12)21(7-5-17)8-6-18)27-28(25,26)11-15-19-10-16(20(15)2)22(23)24/h3-4,9-10,15,19H,5-8,11H2,1-2H3. The number of alkyl halides is 2. The van der Waals surface area contributed by atoms with Crippen molar-refractivity contribution in [1.82, 2.24) is 10.2 Å². The third-order valence-corrected chi connectivity index (χ3v) is 5.73. The van der Waals surface area contributed by atoms with E-state index in [1.54, 1.807) is 18.2 Å². The largest absolute Gasteiger partial charge is 0.382 e. The lowest BCUT2D eigenvalue weighted by Crippen LogP contribution is -2.42. The summed E-state index contributed by atoms with van der Waals surface area (Å²) < 4.78 is 30.0. The van der Waals surface area contributed by atoms with Gasteiger partial charge in [0.2, 0.25) is 0 Å². The molecular formula is C16H22Cl2N4O5S. The van der Waals surface area contributed by atoms with E-state index < -0.39 is 27.0 Å². The topological polar surface area (TPSA) is 105 Å². The van der Waals surface area contributed by atoms with Crippen molar-refractivity contribution in [3.8, 4) is 5.75 Å². The molecule has 0 aliphatic carbocycles. The zero-order valence-corrected chi connectivity index (χ0v) is 17.8. The van der Waals surface area contributed by atoms with Crippen LogP contribution in [-0.4, -0.2) is 62.1 Å². The van der Waals surface area contributed by atoms with Crippen molar-refractivity contribution >= 4 is 39.0 Å². The van der Waals surface area contributed by atoms with Gasteiger partial charge < -0.3 is 24.5 Å². The van der Waals surface area contributed by atoms with Crippen LogP contribution < -0.4 is 14.4 Å². The first kappa shape index (κ1) is 22.4. The molecule has 1 aliphatic heterocycles. The molecule has 9 nitrogen and oxygen atoms in total. The summed E-state index contributed by atoms with van der Waals surface area (Å²) in [6, 6.07) is 4.93. The molecule has 12 heteroatoms. The first-order valence-corrected chi connectivity index (χ1v) is 11.1. The molecule has 0 aromatic heterocycles. The second kappa shape index (κ2) is 9.53. The van der Waals surface area contributed by atoms with E-state index in [0.29, 0.717) is 24.8 Å². The maximum atomic E-state index is 12.4. The molecule has 28 heavy (non-hydrogen) atoms. The average molecular weight is 453 g/mol. The van der Waals surface area contributed by atoms with Crippen LogP contribution in [0.5, 0.6) is 5.75 Å². The molecule has 0 radical (unpaired) electrons. The number of nitro groups is 1. The molecule has 0 amide bonds. The molecule has 1 unspecified atom stereocenters. The number of aryl methyl sites for hydroxylation is 1. The van der Waals surface area contributed by atoms with Gasteiger partial charge in [-0.2, -0.15) is 8.42 Å². The number of hydrogen-bond donors (Lipinski definition) is 1. The summed E-state index contributed by atoms with van der Waals surface area (Å²) in [5, 5.41) is 13.6. The van der Waals surface area contributed by atoms with Crippen LogP contribution in [0.1, 0.15) is 5.56 Å². The van der Waals surface area contributed by atoms with Gasteiger partial charge in [-0.3, -0.25) is 0 Å². The first-order valence-electron chi connectivity index (χ1n) is 8.41. The van der Waals surface area contributed by atoms with Crippen molar-refractivity contribution in [1.29, 1.82) is 0 Å². The molecule has 0 saturated heterocycles. The number of halogens is 2. The lowest BCUT2D eigenvalue weighted by Gasteiger charge is -2.25. The van der Waals surface area contributed by atoms with Crippen LogP contribution in [0.25, 0.3) is 0 Å². The van der Waals surface area contributed by atoms with Gasteiger partial charge in [-0.1, -0.05) is 0 Å². The number of nitrogens with zero attached hydrogens (tertiary/aromatic N) is 3. The van der Waals surface area contributed by atoms with E-state index >= 15 is 0 Å². The van der Waals surface area contributed by atoms with Gasteiger partial charge in [0.05, 0.1) is 13.2 Å². The Hall–Kier alpha value is -1.91. The van der Waals surface area contributed by atoms with Gasteiger partial charge in [0.15, 0.2) is 6.17 Å². The van der Waals surface area contributed by atoms with Crippen molar-refractivity contribution in [2.45, 2.75) is 13.1 Å². The van der Waals surface area contributed by atoms with E-state index in [1.807, 2.05) is 11.8 Å². The summed E-state index contributed by atoms with van der Waals surface area (Å²) in [6.45, 7) is 3.06. The minimum atomic E-state index is -3.99. The van der Waals surface area contributed by atoms with Crippen molar-refractivity contribution in [3.05, 3.63) is 45.9 Å². The monoisotopic (exact) mass is 452 g/mol. The lowest BCUT2D eigenvalue weighted by molar-refractivity contribution is -0.444. The van der Waals surface area contributed by atoms with Gasteiger partial charge in [0.1, 0.15) is 11.5 Å². The summed E-state index contributed by atoms with van der Waals surface area (Å²) in [5.41, 5.74) is 1.71. The van der Waals surface area contributed by atoms with Crippen molar-refractivity contribution in [3.63, 3.8) is 0 Å². The molecule has 2 rings (SSSR count). The second-order valence-corrected chi connectivity index (χ2v) is 8.55. The van der Waals surface area contributed by atoms with E-state index in [-0.39, 0.29) is 11.6 Å². The molecular weight excluding hydrogens is 431 g/mol. The fraction of sp³-hybridized carbons (Fsp3) is 0.500. The van der Waals surface area contributed by atoms with Gasteiger partial charge in [0, 0.05) is 30.5 Å². The number of anilines is 1. The fourth-order valence-electron chi connectivity index (χ4n) is 2.85. The molecule has 1 heterocycles. The number of nitrogens with one attached hydrogen (secondary N) is 1. The highest BCUT2D eigenvalue weighted by Gasteiger charge is 2.36. The van der Waals surface area contributed by atoms with E-state index in [9.17, 15) is 18.5 Å². The van der Waals surface area contributed by atoms with Crippen molar-refractivity contribution in [2.75, 3.05) is 42.5 Å². The van der Waals surface area contributed by atoms with E-state index in [1.165, 1.54) is 18.1 Å². The van der Waals surface area contributed by atoms with Crippen LogP contribution in [-0.2, 0) is 10.1 Å². The predicted molar refractivity (Wildman–Crippen MR) is 109 cm³/mol. The van der Waals surface area contributed by atoms with Crippen LogP contribution >= 0.6 is 23.2 Å². The molecule has 1 aromatic rings. The van der Waals surface area contributed by atoms with Crippen LogP contribution in [0.2, 0.25) is 0 Å². The van der Waals surface area contributed by atoms with Gasteiger partial charge in [-0.05, 0) is 35.6 Å². The molecule has 1 N–H and O–H groups in total. The maximum absolute atomic E-state index is 12.4. The number of benzene rings is 1. The van der Waals surface area contributed by atoms with Crippen molar-refractivity contribution in [2.24, 2.45) is 0 Å². The Morgan fingerprint density at radius 3 is 2.46 bits per heavy atom. The van der Waals surface area contributed by atoms with Gasteiger partial charge in [-0.25, -0.2) is 4.90 Å². The maximum Gasteiger partial charge on any atom is 0.335 e. The molecule has 1 aliphatic rings. The van der Waals surface area contributed by atoms with Crippen LogP contribution in [0.3, 0.4) is 0 Å². The Labute approximate surface area is 174 Å². The van der Waals surface area contributed by atoms with Gasteiger partial charge >= 0.3 is 15.9 Å². The highest BCUT2D eigenvalue weighted by atomic mass is 35.5. The number of hydrogen-bond acceptors (Lipinski definition) is 8. The third kappa shape index (κ3) is 5.55. The Morgan fingerprint density at radius 2 is 1.96 bits per heavy atom. The second-order valence-electron chi connectivity index (χ2n) is 6.17. The average Bonchev–Trinajstić information content (AvgIpc) is 2.95. The predicted octanol–water partition coefficient (Wildman–Crippen LogP) is 1.92. The van der Waals surface area contributed by atoms with E-state index in [0.717, 1.165) is 11.3 Å². The minimum absolute atomic E-state index is 0.168. The quantitative estimate of drug-likeness (QED) is 0.248. The summed E-state index contributed by atoms with van der Waals surface area (Å²) in [4.78, 5) is 13.6. The van der Waals surface area contributed by atoms with E-state index in [4.69, 9.17) is 27.4 Å². The third-order valence-electron chi connectivity index (χ3n) is 4.22. The smallest absolute Gasteiger partial charge is 0.335 e. The molecule has 1 atom stereocenters. The van der Waals surface area contributed by atoms with E-state index in [2.05, 4.69) is 5.32 Å². The minimum Gasteiger partial charge on any atom is -0.382 e. The molecule has 0 saturated carbocycles.